The quantitative estimate of drug-likeness (QED) is 0.684. The zero-order valence-electron chi connectivity index (χ0n) is 7.53. The molecular formula is C10H13NO2. The van der Waals surface area contributed by atoms with Gasteiger partial charge in [-0.3, -0.25) is 5.32 Å². The van der Waals surface area contributed by atoms with E-state index in [1.54, 1.807) is 12.1 Å². The van der Waals surface area contributed by atoms with E-state index in [4.69, 9.17) is 4.74 Å². The minimum atomic E-state index is -0.156. The van der Waals surface area contributed by atoms with Gasteiger partial charge in [-0.05, 0) is 13.0 Å². The number of para-hydroxylation sites is 1. The molecular weight excluding hydrogens is 166 g/mol. The molecule has 1 fully saturated rings. The van der Waals surface area contributed by atoms with Crippen LogP contribution in [-0.4, -0.2) is 17.8 Å². The van der Waals surface area contributed by atoms with Crippen LogP contribution in [0.15, 0.2) is 24.3 Å². The van der Waals surface area contributed by atoms with E-state index in [0.717, 1.165) is 5.56 Å². The predicted molar refractivity (Wildman–Crippen MR) is 49.4 cm³/mol. The highest BCUT2D eigenvalue weighted by molar-refractivity contribution is 5.33. The zero-order valence-corrected chi connectivity index (χ0v) is 7.53. The van der Waals surface area contributed by atoms with E-state index >= 15 is 0 Å². The number of benzene rings is 1. The SMILES string of the molecule is CC1COC(c2ccccc2O)N1. The average molecular weight is 179 g/mol. The lowest BCUT2D eigenvalue weighted by Crippen LogP contribution is -2.22. The molecule has 1 aliphatic heterocycles. The molecule has 13 heavy (non-hydrogen) atoms. The van der Waals surface area contributed by atoms with Gasteiger partial charge in [0, 0.05) is 11.6 Å². The van der Waals surface area contributed by atoms with Crippen LogP contribution < -0.4 is 5.32 Å². The lowest BCUT2D eigenvalue weighted by molar-refractivity contribution is 0.0988. The first kappa shape index (κ1) is 8.53. The molecule has 0 aliphatic carbocycles. The third-order valence-corrected chi connectivity index (χ3v) is 2.17. The van der Waals surface area contributed by atoms with E-state index in [-0.39, 0.29) is 12.0 Å². The van der Waals surface area contributed by atoms with Crippen LogP contribution in [0.4, 0.5) is 0 Å². The van der Waals surface area contributed by atoms with Gasteiger partial charge in [0.1, 0.15) is 12.0 Å². The van der Waals surface area contributed by atoms with Crippen molar-refractivity contribution in [2.45, 2.75) is 19.2 Å². The Labute approximate surface area is 77.3 Å². The van der Waals surface area contributed by atoms with Crippen molar-refractivity contribution in [2.24, 2.45) is 0 Å². The topological polar surface area (TPSA) is 41.5 Å². The highest BCUT2D eigenvalue weighted by Crippen LogP contribution is 2.27. The van der Waals surface area contributed by atoms with E-state index in [9.17, 15) is 5.11 Å². The van der Waals surface area contributed by atoms with Crippen molar-refractivity contribution in [3.05, 3.63) is 29.8 Å². The maximum Gasteiger partial charge on any atom is 0.138 e. The van der Waals surface area contributed by atoms with Gasteiger partial charge in [0.2, 0.25) is 0 Å². The molecule has 0 amide bonds. The van der Waals surface area contributed by atoms with Crippen molar-refractivity contribution < 1.29 is 9.84 Å². The first-order valence-electron chi connectivity index (χ1n) is 4.43. The molecule has 1 aliphatic rings. The standard InChI is InChI=1S/C10H13NO2/c1-7-6-13-10(11-7)8-4-2-3-5-9(8)12/h2-5,7,10-12H,6H2,1H3. The number of phenolic OH excluding ortho intramolecular Hbond substituents is 1. The molecule has 0 saturated carbocycles. The zero-order chi connectivity index (χ0) is 9.26. The molecule has 0 radical (unpaired) electrons. The fraction of sp³-hybridized carbons (Fsp3) is 0.400. The van der Waals surface area contributed by atoms with Gasteiger partial charge in [-0.1, -0.05) is 18.2 Å². The molecule has 1 heterocycles. The Kier molecular flexibility index (Phi) is 2.20. The largest absolute Gasteiger partial charge is 0.508 e. The minimum absolute atomic E-state index is 0.156. The van der Waals surface area contributed by atoms with Crippen molar-refractivity contribution in [3.8, 4) is 5.75 Å². The van der Waals surface area contributed by atoms with E-state index in [2.05, 4.69) is 12.2 Å². The van der Waals surface area contributed by atoms with Crippen molar-refractivity contribution in [3.63, 3.8) is 0 Å². The van der Waals surface area contributed by atoms with E-state index < -0.39 is 0 Å². The van der Waals surface area contributed by atoms with Gasteiger partial charge in [-0.2, -0.15) is 0 Å². The molecule has 0 aromatic heterocycles. The monoisotopic (exact) mass is 179 g/mol. The maximum atomic E-state index is 9.54. The Balaban J connectivity index is 2.21. The lowest BCUT2D eigenvalue weighted by Gasteiger charge is -2.11. The molecule has 0 spiro atoms. The first-order chi connectivity index (χ1) is 6.27. The second kappa shape index (κ2) is 3.36. The van der Waals surface area contributed by atoms with Gasteiger partial charge in [0.05, 0.1) is 6.61 Å². The van der Waals surface area contributed by atoms with E-state index in [1.807, 2.05) is 12.1 Å². The summed E-state index contributed by atoms with van der Waals surface area (Å²) in [6.07, 6.45) is -0.156. The Hall–Kier alpha value is -1.06. The number of phenols is 1. The third kappa shape index (κ3) is 1.66. The molecule has 3 heteroatoms. The smallest absolute Gasteiger partial charge is 0.138 e. The van der Waals surface area contributed by atoms with Crippen LogP contribution in [0, 0.1) is 0 Å². The second-order valence-electron chi connectivity index (χ2n) is 3.34. The van der Waals surface area contributed by atoms with Crippen molar-refractivity contribution >= 4 is 0 Å². The van der Waals surface area contributed by atoms with Crippen LogP contribution in [0.2, 0.25) is 0 Å². The highest BCUT2D eigenvalue weighted by atomic mass is 16.5. The first-order valence-corrected chi connectivity index (χ1v) is 4.43. The molecule has 1 saturated heterocycles. The maximum absolute atomic E-state index is 9.54. The van der Waals surface area contributed by atoms with Gasteiger partial charge in [0.25, 0.3) is 0 Å². The van der Waals surface area contributed by atoms with Gasteiger partial charge in [0.15, 0.2) is 0 Å². The molecule has 1 aromatic carbocycles. The van der Waals surface area contributed by atoms with Crippen LogP contribution in [0.1, 0.15) is 18.7 Å². The summed E-state index contributed by atoms with van der Waals surface area (Å²) in [6.45, 7) is 2.75. The second-order valence-corrected chi connectivity index (χ2v) is 3.34. The molecule has 0 bridgehead atoms. The third-order valence-electron chi connectivity index (χ3n) is 2.17. The molecule has 70 valence electrons. The summed E-state index contributed by atoms with van der Waals surface area (Å²) < 4.78 is 5.46. The molecule has 2 rings (SSSR count). The van der Waals surface area contributed by atoms with Crippen LogP contribution in [-0.2, 0) is 4.74 Å². The Morgan fingerprint density at radius 3 is 2.85 bits per heavy atom. The summed E-state index contributed by atoms with van der Waals surface area (Å²) in [5, 5.41) is 12.8. The number of aromatic hydroxyl groups is 1. The average Bonchev–Trinajstić information content (AvgIpc) is 2.53. The van der Waals surface area contributed by atoms with Crippen molar-refractivity contribution in [1.29, 1.82) is 0 Å². The fourth-order valence-electron chi connectivity index (χ4n) is 1.48. The van der Waals surface area contributed by atoms with E-state index in [0.29, 0.717) is 12.6 Å². The number of hydrogen-bond donors (Lipinski definition) is 2. The molecule has 1 aromatic rings. The lowest BCUT2D eigenvalue weighted by atomic mass is 10.2. The number of nitrogens with one attached hydrogen (secondary N) is 1. The van der Waals surface area contributed by atoms with Crippen LogP contribution >= 0.6 is 0 Å². The number of hydrogen-bond acceptors (Lipinski definition) is 3. The van der Waals surface area contributed by atoms with Gasteiger partial charge >= 0.3 is 0 Å². The normalized spacial score (nSPS) is 27.8. The van der Waals surface area contributed by atoms with E-state index in [1.165, 1.54) is 0 Å². The highest BCUT2D eigenvalue weighted by Gasteiger charge is 2.23. The molecule has 2 unspecified atom stereocenters. The molecule has 3 nitrogen and oxygen atoms in total. The molecule has 2 atom stereocenters. The summed E-state index contributed by atoms with van der Waals surface area (Å²) in [4.78, 5) is 0. The Morgan fingerprint density at radius 2 is 2.23 bits per heavy atom. The predicted octanol–water partition coefficient (Wildman–Crippen LogP) is 1.40. The fourth-order valence-corrected chi connectivity index (χ4v) is 1.48. The summed E-state index contributed by atoms with van der Waals surface area (Å²) in [5.74, 6) is 0.286. The van der Waals surface area contributed by atoms with Gasteiger partial charge < -0.3 is 9.84 Å². The minimum Gasteiger partial charge on any atom is -0.508 e. The van der Waals surface area contributed by atoms with Crippen LogP contribution in [0.5, 0.6) is 5.75 Å². The number of ether oxygens (including phenoxy) is 1. The van der Waals surface area contributed by atoms with Crippen molar-refractivity contribution in [2.75, 3.05) is 6.61 Å². The number of rotatable bonds is 1. The van der Waals surface area contributed by atoms with Gasteiger partial charge in [-0.25, -0.2) is 0 Å². The molecule has 2 N–H and O–H groups in total. The van der Waals surface area contributed by atoms with Crippen molar-refractivity contribution in [1.82, 2.24) is 5.32 Å². The van der Waals surface area contributed by atoms with Crippen LogP contribution in [0.25, 0.3) is 0 Å². The van der Waals surface area contributed by atoms with Crippen LogP contribution in [0.3, 0.4) is 0 Å². The van der Waals surface area contributed by atoms with Gasteiger partial charge in [-0.15, -0.1) is 0 Å². The summed E-state index contributed by atoms with van der Waals surface area (Å²) in [7, 11) is 0. The summed E-state index contributed by atoms with van der Waals surface area (Å²) in [6, 6.07) is 7.58. The summed E-state index contributed by atoms with van der Waals surface area (Å²) >= 11 is 0. The summed E-state index contributed by atoms with van der Waals surface area (Å²) in [5.41, 5.74) is 0.812. The Bertz CT molecular complexity index is 301. The Morgan fingerprint density at radius 1 is 1.46 bits per heavy atom.